The van der Waals surface area contributed by atoms with Crippen molar-refractivity contribution in [2.45, 2.75) is 33.7 Å². The lowest BCUT2D eigenvalue weighted by Gasteiger charge is -2.29. The maximum absolute atomic E-state index is 11.4. The summed E-state index contributed by atoms with van der Waals surface area (Å²) in [6.45, 7) is 0. The summed E-state index contributed by atoms with van der Waals surface area (Å²) in [6.07, 6.45) is 0.745. The molecule has 4 N–H and O–H groups in total. The van der Waals surface area contributed by atoms with Gasteiger partial charge in [0.1, 0.15) is 0 Å². The van der Waals surface area contributed by atoms with E-state index in [0.29, 0.717) is 32.1 Å². The number of amides is 1. The Balaban J connectivity index is 0.000000138. The zero-order valence-electron chi connectivity index (χ0n) is 31.3. The number of hydrogen-bond donors (Lipinski definition) is 3. The van der Waals surface area contributed by atoms with E-state index in [1.165, 1.54) is 4.90 Å². The Morgan fingerprint density at radius 1 is 0.419 bits per heavy atom. The van der Waals surface area contributed by atoms with Crippen LogP contribution in [0, 0.1) is 0 Å². The summed E-state index contributed by atoms with van der Waals surface area (Å²) >= 11 is 61.8. The number of para-hydroxylation sites is 7. The fraction of sp³-hybridized carbons (Fsp3) is 0.0227. The van der Waals surface area contributed by atoms with Crippen molar-refractivity contribution < 1.29 is 4.79 Å². The molecule has 0 saturated heterocycles. The highest BCUT2D eigenvalue weighted by atomic mass is 35.6. The smallest absolute Gasteiger partial charge is 0.218 e. The molecule has 1 amide bonds. The van der Waals surface area contributed by atoms with E-state index >= 15 is 0 Å². The van der Waals surface area contributed by atoms with Gasteiger partial charge in [0.15, 0.2) is 4.30 Å². The number of nitrogens with one attached hydrogen (secondary N) is 2. The van der Waals surface area contributed by atoms with Crippen LogP contribution in [0.1, 0.15) is 0 Å². The van der Waals surface area contributed by atoms with E-state index in [9.17, 15) is 4.79 Å². The van der Waals surface area contributed by atoms with Crippen molar-refractivity contribution in [3.63, 3.8) is 0 Å². The molecule has 3 aliphatic rings. The number of nitrogens with two attached hydrogens (primary N) is 1. The second-order valence-corrected chi connectivity index (χ2v) is 20.5. The molecule has 0 saturated carbocycles. The molecular weight excluding hydrogens is 1050 g/mol. The van der Waals surface area contributed by atoms with Crippen molar-refractivity contribution in [1.29, 1.82) is 0 Å². The fourth-order valence-electron chi connectivity index (χ4n) is 5.76. The van der Waals surface area contributed by atoms with E-state index in [0.717, 1.165) is 78.6 Å². The second kappa shape index (κ2) is 23.0. The van der Waals surface area contributed by atoms with Crippen molar-refractivity contribution >= 4 is 198 Å². The summed E-state index contributed by atoms with van der Waals surface area (Å²) in [6, 6.07) is 41.8. The van der Waals surface area contributed by atoms with Gasteiger partial charge >= 0.3 is 0 Å². The van der Waals surface area contributed by atoms with Crippen molar-refractivity contribution in [3.05, 3.63) is 169 Å². The van der Waals surface area contributed by atoms with E-state index < -0.39 is 4.30 Å². The number of carbonyl (C=O) groups excluding carboxylic acids is 1. The lowest BCUT2D eigenvalue weighted by Crippen LogP contribution is -2.19. The van der Waals surface area contributed by atoms with Crippen LogP contribution in [0.3, 0.4) is 0 Å². The first-order valence-corrected chi connectivity index (χ1v) is 24.1. The standard InChI is InChI=1S/C13H7Cl2NOS.2C12H7Cl2NS.C6H6ClN.CHCl3/c14-8-3-1-5-10-12(8)16(7-17)13-9(15)4-2-6-11(13)18-10;2*13-7-3-1-5-9-11(7)15-12-8(14)4-2-6-10(12)16-9;7-5-3-1-2-4-6(5)8;2-1(3)4/h1-7H;2*1-6,15H;1-4H,8H2;1H. The molecule has 0 aliphatic carbocycles. The maximum Gasteiger partial charge on any atom is 0.218 e. The molecule has 62 heavy (non-hydrogen) atoms. The second-order valence-electron chi connectivity index (χ2n) is 12.4. The number of hydrogen-bond acceptors (Lipinski definition) is 7. The third-order valence-electron chi connectivity index (χ3n) is 8.45. The topological polar surface area (TPSA) is 70.4 Å². The highest BCUT2D eigenvalue weighted by molar-refractivity contribution is 8.00. The number of fused-ring (bicyclic) bond motifs is 6. The normalized spacial score (nSPS) is 12.0. The van der Waals surface area contributed by atoms with E-state index in [4.69, 9.17) is 122 Å². The molecular formula is C44H28Cl10N4OS3. The summed E-state index contributed by atoms with van der Waals surface area (Å²) in [5, 5.41) is 11.2. The molecule has 7 aromatic carbocycles. The van der Waals surface area contributed by atoms with Gasteiger partial charge in [-0.25, -0.2) is 0 Å². The predicted octanol–water partition coefficient (Wildman–Crippen LogP) is 19.1. The minimum absolute atomic E-state index is 0.540. The zero-order chi connectivity index (χ0) is 44.5. The first-order valence-electron chi connectivity index (χ1n) is 17.7. The Hall–Kier alpha value is -2.64. The SMILES string of the molecule is ClC(Cl)Cl.Clc1cccc2c1Nc1c(Cl)cccc1S2.Clc1cccc2c1Nc1c(Cl)cccc1S2.Nc1ccccc1Cl.O=CN1c2c(Cl)cccc2Sc2cccc(Cl)c21. The fourth-order valence-corrected chi connectivity index (χ4v) is 10.9. The number of rotatable bonds is 1. The highest BCUT2D eigenvalue weighted by Gasteiger charge is 2.27. The van der Waals surface area contributed by atoms with Gasteiger partial charge in [0, 0.05) is 29.4 Å². The molecule has 3 aliphatic heterocycles. The number of benzene rings is 7. The van der Waals surface area contributed by atoms with Crippen molar-refractivity contribution in [2.24, 2.45) is 0 Å². The van der Waals surface area contributed by atoms with Crippen LogP contribution in [0.5, 0.6) is 0 Å². The van der Waals surface area contributed by atoms with E-state index in [2.05, 4.69) is 10.6 Å². The molecule has 318 valence electrons. The third-order valence-corrected chi connectivity index (χ3v) is 14.0. The Bertz CT molecular complexity index is 2450. The van der Waals surface area contributed by atoms with Crippen LogP contribution in [0.25, 0.3) is 0 Å². The van der Waals surface area contributed by atoms with Gasteiger partial charge in [0.2, 0.25) is 6.41 Å². The average molecular weight is 1080 g/mol. The Morgan fingerprint density at radius 3 is 0.984 bits per heavy atom. The van der Waals surface area contributed by atoms with Crippen molar-refractivity contribution in [2.75, 3.05) is 21.3 Å². The minimum atomic E-state index is -0.750. The quantitative estimate of drug-likeness (QED) is 0.0859. The number of halogens is 10. The molecule has 18 heteroatoms. The molecule has 5 nitrogen and oxygen atoms in total. The van der Waals surface area contributed by atoms with Crippen LogP contribution in [0.15, 0.2) is 163 Å². The largest absolute Gasteiger partial charge is 0.398 e. The predicted molar refractivity (Wildman–Crippen MR) is 273 cm³/mol. The van der Waals surface area contributed by atoms with Gasteiger partial charge in [0.05, 0.1) is 75.0 Å². The van der Waals surface area contributed by atoms with Crippen molar-refractivity contribution in [3.8, 4) is 0 Å². The monoisotopic (exact) mass is 1070 g/mol. The molecule has 0 radical (unpaired) electrons. The van der Waals surface area contributed by atoms with Crippen LogP contribution in [-0.4, -0.2) is 10.7 Å². The van der Waals surface area contributed by atoms with Crippen molar-refractivity contribution in [1.82, 2.24) is 0 Å². The molecule has 0 fully saturated rings. The Morgan fingerprint density at radius 2 is 0.694 bits per heavy atom. The average Bonchev–Trinajstić information content (AvgIpc) is 3.24. The van der Waals surface area contributed by atoms with Crippen LogP contribution in [0.4, 0.5) is 39.8 Å². The zero-order valence-corrected chi connectivity index (χ0v) is 41.3. The van der Waals surface area contributed by atoms with Gasteiger partial charge in [-0.3, -0.25) is 9.69 Å². The van der Waals surface area contributed by atoms with Gasteiger partial charge in [-0.2, -0.15) is 0 Å². The van der Waals surface area contributed by atoms with Crippen LogP contribution >= 0.6 is 151 Å². The number of nitrogen functional groups attached to an aromatic ring is 1. The molecule has 0 atom stereocenters. The number of anilines is 7. The first-order chi connectivity index (χ1) is 29.8. The van der Waals surface area contributed by atoms with E-state index in [1.54, 1.807) is 59.6 Å². The summed E-state index contributed by atoms with van der Waals surface area (Å²) < 4.78 is -0.750. The molecule has 10 rings (SSSR count). The molecule has 0 aromatic heterocycles. The Kier molecular flexibility index (Phi) is 18.1. The number of nitrogens with zero attached hydrogens (tertiary/aromatic N) is 1. The molecule has 3 heterocycles. The van der Waals surface area contributed by atoms with E-state index in [1.807, 2.05) is 109 Å². The van der Waals surface area contributed by atoms with Crippen LogP contribution in [0.2, 0.25) is 35.2 Å². The lowest BCUT2D eigenvalue weighted by atomic mass is 10.2. The molecule has 7 aromatic rings. The minimum Gasteiger partial charge on any atom is -0.398 e. The van der Waals surface area contributed by atoms with Gasteiger partial charge in [-0.1, -0.05) is 200 Å². The van der Waals surface area contributed by atoms with Gasteiger partial charge in [-0.15, -0.1) is 0 Å². The highest BCUT2D eigenvalue weighted by Crippen LogP contribution is 2.53. The summed E-state index contributed by atoms with van der Waals surface area (Å²) in [4.78, 5) is 19.3. The molecule has 0 bridgehead atoms. The number of alkyl halides is 3. The molecule has 0 unspecified atom stereocenters. The Labute approximate surface area is 421 Å². The summed E-state index contributed by atoms with van der Waals surface area (Å²) in [5.41, 5.74) is 11.2. The van der Waals surface area contributed by atoms with Crippen LogP contribution < -0.4 is 21.3 Å². The third kappa shape index (κ3) is 12.2. The van der Waals surface area contributed by atoms with E-state index in [-0.39, 0.29) is 0 Å². The summed E-state index contributed by atoms with van der Waals surface area (Å²) in [7, 11) is 0. The van der Waals surface area contributed by atoms with Gasteiger partial charge in [-0.05, 0) is 84.9 Å². The first kappa shape index (κ1) is 48.8. The molecule has 0 spiro atoms. The lowest BCUT2D eigenvalue weighted by molar-refractivity contribution is -0.106. The van der Waals surface area contributed by atoms with Crippen LogP contribution in [-0.2, 0) is 4.79 Å². The number of carbonyl (C=O) groups is 1. The van der Waals surface area contributed by atoms with Gasteiger partial charge < -0.3 is 16.4 Å². The summed E-state index contributed by atoms with van der Waals surface area (Å²) in [5.74, 6) is 0. The van der Waals surface area contributed by atoms with Gasteiger partial charge in [0.25, 0.3) is 0 Å². The maximum atomic E-state index is 11.4.